The first-order valence-corrected chi connectivity index (χ1v) is 7.34. The van der Waals surface area contributed by atoms with Crippen LogP contribution >= 0.6 is 0 Å². The number of aliphatic hydroxyl groups is 1. The van der Waals surface area contributed by atoms with E-state index in [0.29, 0.717) is 18.0 Å². The highest BCUT2D eigenvalue weighted by molar-refractivity contribution is 5.54. The number of anilines is 1. The second-order valence-corrected chi connectivity index (χ2v) is 5.13. The van der Waals surface area contributed by atoms with Crippen molar-refractivity contribution in [3.63, 3.8) is 0 Å². The molecule has 0 saturated carbocycles. The van der Waals surface area contributed by atoms with Crippen LogP contribution in [0, 0.1) is 0 Å². The number of nitrogens with one attached hydrogen (secondary N) is 1. The van der Waals surface area contributed by atoms with Crippen LogP contribution in [-0.2, 0) is 0 Å². The van der Waals surface area contributed by atoms with Crippen LogP contribution in [0.1, 0.15) is 25.0 Å². The maximum atomic E-state index is 10.3. The number of hydrogen-bond donors (Lipinski definition) is 3. The van der Waals surface area contributed by atoms with Crippen LogP contribution in [0.3, 0.4) is 0 Å². The average Bonchev–Trinajstić information content (AvgIpc) is 2.48. The van der Waals surface area contributed by atoms with Gasteiger partial charge in [0.05, 0.1) is 18.4 Å². The molecule has 1 aromatic carbocycles. The van der Waals surface area contributed by atoms with Gasteiger partial charge in [0.1, 0.15) is 5.75 Å². The number of rotatable bonds is 6. The molecule has 1 unspecified atom stereocenters. The molecule has 4 N–H and O–H groups in total. The Balaban J connectivity index is 1.88. The zero-order valence-corrected chi connectivity index (χ0v) is 12.1. The van der Waals surface area contributed by atoms with E-state index in [1.54, 1.807) is 0 Å². The summed E-state index contributed by atoms with van der Waals surface area (Å²) >= 11 is 0. The molecule has 0 spiro atoms. The first-order chi connectivity index (χ1) is 9.70. The van der Waals surface area contributed by atoms with Crippen LogP contribution in [0.15, 0.2) is 18.2 Å². The van der Waals surface area contributed by atoms with Crippen LogP contribution < -0.4 is 15.8 Å². The van der Waals surface area contributed by atoms with Gasteiger partial charge in [0, 0.05) is 32.7 Å². The van der Waals surface area contributed by atoms with Crippen molar-refractivity contribution in [2.24, 2.45) is 0 Å². The van der Waals surface area contributed by atoms with Crippen molar-refractivity contribution < 1.29 is 9.84 Å². The summed E-state index contributed by atoms with van der Waals surface area (Å²) in [4.78, 5) is 2.37. The Morgan fingerprint density at radius 3 is 2.80 bits per heavy atom. The van der Waals surface area contributed by atoms with Gasteiger partial charge in [0.15, 0.2) is 0 Å². The van der Waals surface area contributed by atoms with Gasteiger partial charge in [0.2, 0.25) is 0 Å². The highest BCUT2D eigenvalue weighted by atomic mass is 16.5. The second-order valence-electron chi connectivity index (χ2n) is 5.13. The lowest BCUT2D eigenvalue weighted by atomic mass is 10.1. The molecule has 1 atom stereocenters. The molecule has 0 aromatic heterocycles. The summed E-state index contributed by atoms with van der Waals surface area (Å²) < 4.78 is 5.40. The Morgan fingerprint density at radius 2 is 2.15 bits per heavy atom. The topological polar surface area (TPSA) is 70.8 Å². The fraction of sp³-hybridized carbons (Fsp3) is 0.600. The molecule has 1 aliphatic heterocycles. The zero-order chi connectivity index (χ0) is 14.4. The highest BCUT2D eigenvalue weighted by Crippen LogP contribution is 2.27. The van der Waals surface area contributed by atoms with Gasteiger partial charge in [-0.05, 0) is 31.0 Å². The second kappa shape index (κ2) is 7.47. The summed E-state index contributed by atoms with van der Waals surface area (Å²) in [7, 11) is 0. The molecule has 20 heavy (non-hydrogen) atoms. The van der Waals surface area contributed by atoms with E-state index >= 15 is 0 Å². The number of hydrogen-bond acceptors (Lipinski definition) is 5. The molecular formula is C15H25N3O2. The molecule has 1 aliphatic rings. The molecule has 0 bridgehead atoms. The maximum absolute atomic E-state index is 10.3. The van der Waals surface area contributed by atoms with Gasteiger partial charge in [-0.2, -0.15) is 0 Å². The van der Waals surface area contributed by atoms with Crippen LogP contribution in [0.4, 0.5) is 5.69 Å². The van der Waals surface area contributed by atoms with Crippen LogP contribution in [0.25, 0.3) is 0 Å². The monoisotopic (exact) mass is 279 g/mol. The minimum absolute atomic E-state index is 0.470. The van der Waals surface area contributed by atoms with E-state index in [0.717, 1.165) is 44.7 Å². The Bertz CT molecular complexity index is 420. The number of ether oxygens (including phenoxy) is 1. The summed E-state index contributed by atoms with van der Waals surface area (Å²) in [6.45, 7) is 7.61. The van der Waals surface area contributed by atoms with E-state index < -0.39 is 6.10 Å². The standard InChI is InChI=1S/C15H25N3O2/c1-2-20-15-4-3-12(11-13(15)16)14(19)5-8-18-9-6-17-7-10-18/h3-4,11,14,17,19H,2,5-10,16H2,1H3. The zero-order valence-electron chi connectivity index (χ0n) is 12.1. The first-order valence-electron chi connectivity index (χ1n) is 7.34. The van der Waals surface area contributed by atoms with E-state index in [9.17, 15) is 5.11 Å². The molecule has 5 heteroatoms. The molecule has 0 aliphatic carbocycles. The minimum Gasteiger partial charge on any atom is -0.492 e. The third-order valence-corrected chi connectivity index (χ3v) is 3.65. The Morgan fingerprint density at radius 1 is 1.40 bits per heavy atom. The van der Waals surface area contributed by atoms with Gasteiger partial charge in [-0.25, -0.2) is 0 Å². The summed E-state index contributed by atoms with van der Waals surface area (Å²) in [6.07, 6.45) is 0.260. The van der Waals surface area contributed by atoms with Crippen molar-refractivity contribution in [3.05, 3.63) is 23.8 Å². The molecule has 1 saturated heterocycles. The van der Waals surface area contributed by atoms with Crippen LogP contribution in [0.5, 0.6) is 5.75 Å². The SMILES string of the molecule is CCOc1ccc(C(O)CCN2CCNCC2)cc1N. The molecule has 1 aromatic rings. The molecule has 0 radical (unpaired) electrons. The summed E-state index contributed by atoms with van der Waals surface area (Å²) in [5.41, 5.74) is 7.38. The number of aliphatic hydroxyl groups excluding tert-OH is 1. The van der Waals surface area contributed by atoms with Crippen molar-refractivity contribution in [1.29, 1.82) is 0 Å². The highest BCUT2D eigenvalue weighted by Gasteiger charge is 2.14. The fourth-order valence-electron chi connectivity index (χ4n) is 2.47. The number of nitrogen functional groups attached to an aromatic ring is 1. The van der Waals surface area contributed by atoms with Gasteiger partial charge in [0.25, 0.3) is 0 Å². The Hall–Kier alpha value is -1.30. The van der Waals surface area contributed by atoms with E-state index in [2.05, 4.69) is 10.2 Å². The molecule has 2 rings (SSSR count). The number of nitrogens with two attached hydrogens (primary N) is 1. The molecule has 5 nitrogen and oxygen atoms in total. The van der Waals surface area contributed by atoms with Crippen molar-refractivity contribution in [2.75, 3.05) is 45.1 Å². The summed E-state index contributed by atoms with van der Waals surface area (Å²) in [6, 6.07) is 5.54. The third kappa shape index (κ3) is 4.10. The maximum Gasteiger partial charge on any atom is 0.142 e. The van der Waals surface area contributed by atoms with E-state index in [1.165, 1.54) is 0 Å². The molecular weight excluding hydrogens is 254 g/mol. The van der Waals surface area contributed by atoms with E-state index in [4.69, 9.17) is 10.5 Å². The third-order valence-electron chi connectivity index (χ3n) is 3.65. The van der Waals surface area contributed by atoms with Crippen molar-refractivity contribution in [2.45, 2.75) is 19.4 Å². The predicted molar refractivity (Wildman–Crippen MR) is 80.9 cm³/mol. The smallest absolute Gasteiger partial charge is 0.142 e. The van der Waals surface area contributed by atoms with Crippen molar-refractivity contribution in [3.8, 4) is 5.75 Å². The largest absolute Gasteiger partial charge is 0.492 e. The van der Waals surface area contributed by atoms with Crippen LogP contribution in [0.2, 0.25) is 0 Å². The van der Waals surface area contributed by atoms with Gasteiger partial charge in [-0.15, -0.1) is 0 Å². The number of piperazine rings is 1. The van der Waals surface area contributed by atoms with Gasteiger partial charge in [-0.3, -0.25) is 0 Å². The van der Waals surface area contributed by atoms with Crippen molar-refractivity contribution >= 4 is 5.69 Å². The lowest BCUT2D eigenvalue weighted by Gasteiger charge is -2.28. The van der Waals surface area contributed by atoms with Gasteiger partial charge < -0.3 is 25.8 Å². The minimum atomic E-state index is -0.470. The molecule has 112 valence electrons. The van der Waals surface area contributed by atoms with E-state index in [1.807, 2.05) is 25.1 Å². The lowest BCUT2D eigenvalue weighted by Crippen LogP contribution is -2.44. The summed E-state index contributed by atoms with van der Waals surface area (Å²) in [5.74, 6) is 0.686. The quantitative estimate of drug-likeness (QED) is 0.678. The van der Waals surface area contributed by atoms with Gasteiger partial charge in [-0.1, -0.05) is 6.07 Å². The fourth-order valence-corrected chi connectivity index (χ4v) is 2.47. The first kappa shape index (κ1) is 15.1. The predicted octanol–water partition coefficient (Wildman–Crippen LogP) is 0.996. The lowest BCUT2D eigenvalue weighted by molar-refractivity contribution is 0.136. The summed E-state index contributed by atoms with van der Waals surface area (Å²) in [5, 5.41) is 13.6. The normalized spacial score (nSPS) is 17.9. The number of nitrogens with zero attached hydrogens (tertiary/aromatic N) is 1. The number of benzene rings is 1. The van der Waals surface area contributed by atoms with Crippen LogP contribution in [-0.4, -0.2) is 49.3 Å². The molecule has 0 amide bonds. The van der Waals surface area contributed by atoms with Gasteiger partial charge >= 0.3 is 0 Å². The molecule has 1 heterocycles. The van der Waals surface area contributed by atoms with Crippen molar-refractivity contribution in [1.82, 2.24) is 10.2 Å². The Labute approximate surface area is 120 Å². The average molecular weight is 279 g/mol. The Kier molecular flexibility index (Phi) is 5.64. The molecule has 1 fully saturated rings. The van der Waals surface area contributed by atoms with E-state index in [-0.39, 0.29) is 0 Å².